The van der Waals surface area contributed by atoms with Gasteiger partial charge in [-0.3, -0.25) is 30.6 Å². The molecule has 0 bridgehead atoms. The van der Waals surface area contributed by atoms with Crippen LogP contribution in [0.2, 0.25) is 0 Å². The molecule has 0 saturated heterocycles. The molecular weight excluding hydrogens is 374 g/mol. The van der Waals surface area contributed by atoms with Crippen LogP contribution in [0.5, 0.6) is 5.75 Å². The van der Waals surface area contributed by atoms with Crippen LogP contribution in [-0.2, 0) is 4.79 Å². The summed E-state index contributed by atoms with van der Waals surface area (Å²) >= 11 is 0. The maximum atomic E-state index is 12.5. The fourth-order valence-electron chi connectivity index (χ4n) is 2.70. The summed E-state index contributed by atoms with van der Waals surface area (Å²) in [4.78, 5) is 34.7. The van der Waals surface area contributed by atoms with Crippen molar-refractivity contribution in [1.82, 2.24) is 10.9 Å². The largest absolute Gasteiger partial charge is 0.480 e. The molecule has 0 aromatic heterocycles. The minimum Gasteiger partial charge on any atom is -0.480 e. The molecule has 0 heterocycles. The summed E-state index contributed by atoms with van der Waals surface area (Å²) in [6, 6.07) is 12.7. The van der Waals surface area contributed by atoms with Gasteiger partial charge in [-0.25, -0.2) is 0 Å². The number of rotatable bonds is 8. The highest BCUT2D eigenvalue weighted by Crippen LogP contribution is 2.29. The fourth-order valence-corrected chi connectivity index (χ4v) is 2.70. The van der Waals surface area contributed by atoms with Gasteiger partial charge in [0.25, 0.3) is 17.5 Å². The quantitative estimate of drug-likeness (QED) is 0.519. The first-order chi connectivity index (χ1) is 13.9. The lowest BCUT2D eigenvalue weighted by atomic mass is 9.98. The lowest BCUT2D eigenvalue weighted by Gasteiger charge is -2.21. The van der Waals surface area contributed by atoms with Gasteiger partial charge < -0.3 is 4.74 Å². The van der Waals surface area contributed by atoms with E-state index in [1.165, 1.54) is 24.3 Å². The van der Waals surface area contributed by atoms with Gasteiger partial charge in [0.2, 0.25) is 0 Å². The third kappa shape index (κ3) is 5.78. The SMILES string of the molecule is CCC(Oc1ccccc1C(C)CC)C(=O)NNC(=O)c1ccc([N+](=O)[O-])cc1. The van der Waals surface area contributed by atoms with Gasteiger partial charge >= 0.3 is 0 Å². The summed E-state index contributed by atoms with van der Waals surface area (Å²) in [5.74, 6) is -0.135. The summed E-state index contributed by atoms with van der Waals surface area (Å²) in [6.45, 7) is 5.99. The first-order valence-electron chi connectivity index (χ1n) is 9.47. The number of amides is 2. The van der Waals surface area contributed by atoms with Crippen molar-refractivity contribution in [2.24, 2.45) is 0 Å². The Hall–Kier alpha value is -3.42. The van der Waals surface area contributed by atoms with E-state index < -0.39 is 22.8 Å². The van der Waals surface area contributed by atoms with Gasteiger partial charge in [-0.05, 0) is 42.5 Å². The molecule has 0 spiro atoms. The molecule has 29 heavy (non-hydrogen) atoms. The minimum absolute atomic E-state index is 0.120. The van der Waals surface area contributed by atoms with Crippen LogP contribution in [0.1, 0.15) is 55.5 Å². The van der Waals surface area contributed by atoms with E-state index in [1.807, 2.05) is 31.2 Å². The second-order valence-corrected chi connectivity index (χ2v) is 6.61. The predicted molar refractivity (Wildman–Crippen MR) is 109 cm³/mol. The number of nitrogens with one attached hydrogen (secondary N) is 2. The summed E-state index contributed by atoms with van der Waals surface area (Å²) < 4.78 is 5.92. The van der Waals surface area contributed by atoms with Crippen LogP contribution in [0.15, 0.2) is 48.5 Å². The molecule has 2 aromatic carbocycles. The third-order valence-corrected chi connectivity index (χ3v) is 4.63. The Morgan fingerprint density at radius 3 is 2.28 bits per heavy atom. The maximum Gasteiger partial charge on any atom is 0.279 e. The third-order valence-electron chi connectivity index (χ3n) is 4.63. The molecule has 2 atom stereocenters. The number of hydrogen-bond acceptors (Lipinski definition) is 5. The molecular formula is C21H25N3O5. The zero-order chi connectivity index (χ0) is 21.4. The monoisotopic (exact) mass is 399 g/mol. The van der Waals surface area contributed by atoms with Crippen LogP contribution in [-0.4, -0.2) is 22.8 Å². The van der Waals surface area contributed by atoms with E-state index in [9.17, 15) is 19.7 Å². The first kappa shape index (κ1) is 21.9. The Morgan fingerprint density at radius 2 is 1.69 bits per heavy atom. The lowest BCUT2D eigenvalue weighted by Crippen LogP contribution is -2.48. The summed E-state index contributed by atoms with van der Waals surface area (Å²) in [5.41, 5.74) is 5.75. The molecule has 2 unspecified atom stereocenters. The zero-order valence-corrected chi connectivity index (χ0v) is 16.7. The van der Waals surface area contributed by atoms with Crippen molar-refractivity contribution in [2.45, 2.75) is 45.6 Å². The van der Waals surface area contributed by atoms with Gasteiger partial charge in [0, 0.05) is 17.7 Å². The van der Waals surface area contributed by atoms with E-state index in [-0.39, 0.29) is 17.2 Å². The number of hydrogen-bond donors (Lipinski definition) is 2. The van der Waals surface area contributed by atoms with Gasteiger partial charge in [-0.2, -0.15) is 0 Å². The zero-order valence-electron chi connectivity index (χ0n) is 16.7. The Labute approximate surface area is 169 Å². The van der Waals surface area contributed by atoms with Gasteiger partial charge in [-0.15, -0.1) is 0 Å². The van der Waals surface area contributed by atoms with Crippen LogP contribution in [0, 0.1) is 10.1 Å². The maximum absolute atomic E-state index is 12.5. The number of nitrogens with zero attached hydrogens (tertiary/aromatic N) is 1. The molecule has 0 aliphatic carbocycles. The second kappa shape index (κ2) is 10.2. The van der Waals surface area contributed by atoms with E-state index in [0.29, 0.717) is 12.2 Å². The number of nitro groups is 1. The molecule has 0 fully saturated rings. The van der Waals surface area contributed by atoms with E-state index in [2.05, 4.69) is 24.7 Å². The van der Waals surface area contributed by atoms with E-state index in [0.717, 1.165) is 12.0 Å². The van der Waals surface area contributed by atoms with Crippen molar-refractivity contribution in [3.05, 3.63) is 69.8 Å². The molecule has 0 aliphatic heterocycles. The van der Waals surface area contributed by atoms with Crippen molar-refractivity contribution in [1.29, 1.82) is 0 Å². The van der Waals surface area contributed by atoms with Crippen molar-refractivity contribution < 1.29 is 19.2 Å². The van der Waals surface area contributed by atoms with E-state index in [4.69, 9.17) is 4.74 Å². The smallest absolute Gasteiger partial charge is 0.279 e. The first-order valence-corrected chi connectivity index (χ1v) is 9.47. The van der Waals surface area contributed by atoms with Crippen LogP contribution >= 0.6 is 0 Å². The highest BCUT2D eigenvalue weighted by molar-refractivity contribution is 5.96. The van der Waals surface area contributed by atoms with Crippen molar-refractivity contribution in [3.8, 4) is 5.75 Å². The minimum atomic E-state index is -0.780. The van der Waals surface area contributed by atoms with Crippen molar-refractivity contribution in [3.63, 3.8) is 0 Å². The van der Waals surface area contributed by atoms with Gasteiger partial charge in [0.05, 0.1) is 4.92 Å². The number of carbonyl (C=O) groups excluding carboxylic acids is 2. The Kier molecular flexibility index (Phi) is 7.70. The topological polar surface area (TPSA) is 111 Å². The van der Waals surface area contributed by atoms with Crippen molar-refractivity contribution in [2.75, 3.05) is 0 Å². The second-order valence-electron chi connectivity index (χ2n) is 6.61. The molecule has 2 amide bonds. The fraction of sp³-hybridized carbons (Fsp3) is 0.333. The molecule has 154 valence electrons. The van der Waals surface area contributed by atoms with Crippen LogP contribution in [0.4, 0.5) is 5.69 Å². The lowest BCUT2D eigenvalue weighted by molar-refractivity contribution is -0.384. The molecule has 0 aliphatic rings. The average Bonchev–Trinajstić information content (AvgIpc) is 2.75. The molecule has 8 nitrogen and oxygen atoms in total. The van der Waals surface area contributed by atoms with E-state index >= 15 is 0 Å². The van der Waals surface area contributed by atoms with Crippen LogP contribution in [0.25, 0.3) is 0 Å². The molecule has 2 N–H and O–H groups in total. The molecule has 2 rings (SSSR count). The van der Waals surface area contributed by atoms with Gasteiger partial charge in [0.1, 0.15) is 5.75 Å². The summed E-state index contributed by atoms with van der Waals surface area (Å²) in [6.07, 6.45) is 0.570. The number of benzene rings is 2. The van der Waals surface area contributed by atoms with Crippen molar-refractivity contribution >= 4 is 17.5 Å². The Balaban J connectivity index is 2.00. The van der Waals surface area contributed by atoms with Crippen LogP contribution < -0.4 is 15.6 Å². The normalized spacial score (nSPS) is 12.5. The highest BCUT2D eigenvalue weighted by atomic mass is 16.6. The van der Waals surface area contributed by atoms with Gasteiger partial charge in [0.15, 0.2) is 6.10 Å². The number of carbonyl (C=O) groups is 2. The molecule has 8 heteroatoms. The van der Waals surface area contributed by atoms with Crippen LogP contribution in [0.3, 0.4) is 0 Å². The number of non-ortho nitro benzene ring substituents is 1. The standard InChI is InChI=1S/C21H25N3O5/c1-4-14(3)17-8-6-7-9-19(17)29-18(5-2)21(26)23-22-20(25)15-10-12-16(13-11-15)24(27)28/h6-14,18H,4-5H2,1-3H3,(H,22,25)(H,23,26). The van der Waals surface area contributed by atoms with E-state index in [1.54, 1.807) is 0 Å². The Morgan fingerprint density at radius 1 is 1.03 bits per heavy atom. The highest BCUT2D eigenvalue weighted by Gasteiger charge is 2.21. The predicted octanol–water partition coefficient (Wildman–Crippen LogP) is 3.73. The number of para-hydroxylation sites is 1. The number of nitro benzene ring substituents is 1. The number of hydrazine groups is 1. The Bertz CT molecular complexity index is 867. The number of ether oxygens (including phenoxy) is 1. The molecule has 0 radical (unpaired) electrons. The van der Waals surface area contributed by atoms with Gasteiger partial charge in [-0.1, -0.05) is 39.0 Å². The summed E-state index contributed by atoms with van der Waals surface area (Å²) in [7, 11) is 0. The molecule has 2 aromatic rings. The average molecular weight is 399 g/mol. The molecule has 0 saturated carbocycles. The summed E-state index contributed by atoms with van der Waals surface area (Å²) in [5, 5.41) is 10.7.